The van der Waals surface area contributed by atoms with Gasteiger partial charge in [-0.2, -0.15) is 18.2 Å². The average molecular weight is 402 g/mol. The van der Waals surface area contributed by atoms with Crippen molar-refractivity contribution in [3.63, 3.8) is 0 Å². The molecule has 2 aromatic carbocycles. The zero-order valence-electron chi connectivity index (χ0n) is 16.2. The summed E-state index contributed by atoms with van der Waals surface area (Å²) >= 11 is 0. The minimum Gasteiger partial charge on any atom is -0.487 e. The van der Waals surface area contributed by atoms with Crippen molar-refractivity contribution in [2.45, 2.75) is 33.0 Å². The lowest BCUT2D eigenvalue weighted by molar-refractivity contribution is -0.138. The van der Waals surface area contributed by atoms with Crippen molar-refractivity contribution in [3.8, 4) is 17.1 Å². The maximum absolute atomic E-state index is 13.5. The molecule has 29 heavy (non-hydrogen) atoms. The largest absolute Gasteiger partial charge is 0.487 e. The summed E-state index contributed by atoms with van der Waals surface area (Å²) in [6, 6.07) is 13.4. The van der Waals surface area contributed by atoms with E-state index in [4.69, 9.17) is 4.74 Å². The van der Waals surface area contributed by atoms with Gasteiger partial charge in [0.05, 0.1) is 18.4 Å². The van der Waals surface area contributed by atoms with Crippen LogP contribution in [0.5, 0.6) is 5.75 Å². The van der Waals surface area contributed by atoms with Gasteiger partial charge in [-0.15, -0.1) is 0 Å². The third kappa shape index (κ3) is 4.50. The van der Waals surface area contributed by atoms with Gasteiger partial charge in [-0.1, -0.05) is 49.4 Å². The highest BCUT2D eigenvalue weighted by molar-refractivity contribution is 5.63. The van der Waals surface area contributed by atoms with Gasteiger partial charge in [0.15, 0.2) is 0 Å². The molecule has 0 amide bonds. The summed E-state index contributed by atoms with van der Waals surface area (Å²) in [4.78, 5) is 16.5. The van der Waals surface area contributed by atoms with E-state index in [1.165, 1.54) is 12.3 Å². The van der Waals surface area contributed by atoms with Crippen molar-refractivity contribution in [2.24, 2.45) is 0 Å². The smallest absolute Gasteiger partial charge is 0.416 e. The summed E-state index contributed by atoms with van der Waals surface area (Å²) in [5.41, 5.74) is 0.000435. The van der Waals surface area contributed by atoms with E-state index in [-0.39, 0.29) is 30.2 Å². The molecule has 1 heterocycles. The molecular formula is C22H21F3N2O2. The number of halogens is 3. The average Bonchev–Trinajstić information content (AvgIpc) is 2.70. The molecule has 3 aromatic rings. The van der Waals surface area contributed by atoms with E-state index in [1.807, 2.05) is 30.3 Å². The first-order chi connectivity index (χ1) is 13.8. The first-order valence-corrected chi connectivity index (χ1v) is 9.32. The molecular weight excluding hydrogens is 381 g/mol. The van der Waals surface area contributed by atoms with Crippen molar-refractivity contribution in [2.75, 3.05) is 6.61 Å². The maximum Gasteiger partial charge on any atom is 0.416 e. The minimum absolute atomic E-state index is 0.0669. The first-order valence-electron chi connectivity index (χ1n) is 9.32. The van der Waals surface area contributed by atoms with Crippen LogP contribution in [-0.2, 0) is 19.1 Å². The molecule has 0 atom stereocenters. The standard InChI is InChI=1S/C22H21F3N2O2/c1-3-16-17(11-8-12-18(16)22(23,24)25)20-26-21(28)19(29-4-2)14-27(20)13-15-9-6-5-7-10-15/h5-12,14H,3-4,13H2,1-2H3. The number of hydrogen-bond donors (Lipinski definition) is 0. The highest BCUT2D eigenvalue weighted by atomic mass is 19.4. The predicted molar refractivity (Wildman–Crippen MR) is 105 cm³/mol. The number of aromatic nitrogens is 2. The van der Waals surface area contributed by atoms with Crippen molar-refractivity contribution < 1.29 is 17.9 Å². The minimum atomic E-state index is -4.49. The number of nitrogens with zero attached hydrogens (tertiary/aromatic N) is 2. The molecule has 0 unspecified atom stereocenters. The van der Waals surface area contributed by atoms with E-state index >= 15 is 0 Å². The second-order valence-electron chi connectivity index (χ2n) is 6.46. The van der Waals surface area contributed by atoms with E-state index in [0.29, 0.717) is 12.1 Å². The summed E-state index contributed by atoms with van der Waals surface area (Å²) in [5, 5.41) is 0. The zero-order valence-corrected chi connectivity index (χ0v) is 16.2. The predicted octanol–water partition coefficient (Wildman–Crippen LogP) is 4.94. The fraction of sp³-hybridized carbons (Fsp3) is 0.273. The van der Waals surface area contributed by atoms with Gasteiger partial charge < -0.3 is 9.30 Å². The lowest BCUT2D eigenvalue weighted by atomic mass is 9.97. The number of rotatable bonds is 6. The molecule has 0 aliphatic heterocycles. The quantitative estimate of drug-likeness (QED) is 0.587. The van der Waals surface area contributed by atoms with Gasteiger partial charge in [0.25, 0.3) is 0 Å². The third-order valence-corrected chi connectivity index (χ3v) is 4.53. The molecule has 152 valence electrons. The fourth-order valence-corrected chi connectivity index (χ4v) is 3.29. The molecule has 0 N–H and O–H groups in total. The van der Waals surface area contributed by atoms with Gasteiger partial charge in [0.2, 0.25) is 5.75 Å². The van der Waals surface area contributed by atoms with Crippen LogP contribution >= 0.6 is 0 Å². The number of benzene rings is 2. The van der Waals surface area contributed by atoms with E-state index in [1.54, 1.807) is 24.5 Å². The van der Waals surface area contributed by atoms with Crippen molar-refractivity contribution in [3.05, 3.63) is 81.8 Å². The summed E-state index contributed by atoms with van der Waals surface area (Å²) in [6.45, 7) is 4.02. The Bertz CT molecular complexity index is 1040. The molecule has 0 aliphatic carbocycles. The van der Waals surface area contributed by atoms with E-state index in [9.17, 15) is 18.0 Å². The Morgan fingerprint density at radius 2 is 1.76 bits per heavy atom. The van der Waals surface area contributed by atoms with E-state index in [2.05, 4.69) is 4.98 Å². The van der Waals surface area contributed by atoms with E-state index in [0.717, 1.165) is 11.6 Å². The second-order valence-corrected chi connectivity index (χ2v) is 6.46. The van der Waals surface area contributed by atoms with Crippen LogP contribution in [-0.4, -0.2) is 16.2 Å². The lowest BCUT2D eigenvalue weighted by Crippen LogP contribution is -2.19. The third-order valence-electron chi connectivity index (χ3n) is 4.53. The highest BCUT2D eigenvalue weighted by Crippen LogP contribution is 2.36. The zero-order chi connectivity index (χ0) is 21.0. The van der Waals surface area contributed by atoms with Crippen molar-refractivity contribution in [1.82, 2.24) is 9.55 Å². The summed E-state index contributed by atoms with van der Waals surface area (Å²) in [7, 11) is 0. The van der Waals surface area contributed by atoms with Crippen LogP contribution in [0.1, 0.15) is 30.5 Å². The van der Waals surface area contributed by atoms with Crippen LogP contribution in [0.4, 0.5) is 13.2 Å². The van der Waals surface area contributed by atoms with Crippen LogP contribution in [0.25, 0.3) is 11.4 Å². The summed E-state index contributed by atoms with van der Waals surface area (Å²) in [5.74, 6) is 0.252. The Morgan fingerprint density at radius 1 is 1.03 bits per heavy atom. The van der Waals surface area contributed by atoms with Crippen LogP contribution < -0.4 is 10.3 Å². The molecule has 0 bridgehead atoms. The van der Waals surface area contributed by atoms with Gasteiger partial charge in [-0.05, 0) is 30.5 Å². The van der Waals surface area contributed by atoms with Crippen LogP contribution in [0, 0.1) is 0 Å². The molecule has 0 saturated carbocycles. The lowest BCUT2D eigenvalue weighted by Gasteiger charge is -2.19. The van der Waals surface area contributed by atoms with Crippen LogP contribution in [0.2, 0.25) is 0 Å². The van der Waals surface area contributed by atoms with E-state index < -0.39 is 17.3 Å². The van der Waals surface area contributed by atoms with Crippen LogP contribution in [0.3, 0.4) is 0 Å². The summed E-state index contributed by atoms with van der Waals surface area (Å²) in [6.07, 6.45) is -2.82. The highest BCUT2D eigenvalue weighted by Gasteiger charge is 2.34. The molecule has 0 aliphatic rings. The molecule has 4 nitrogen and oxygen atoms in total. The van der Waals surface area contributed by atoms with Gasteiger partial charge >= 0.3 is 11.7 Å². The Labute approximate surface area is 166 Å². The maximum atomic E-state index is 13.5. The number of ether oxygens (including phenoxy) is 1. The van der Waals surface area contributed by atoms with Gasteiger partial charge in [-0.3, -0.25) is 4.79 Å². The Morgan fingerprint density at radius 3 is 2.38 bits per heavy atom. The van der Waals surface area contributed by atoms with Crippen molar-refractivity contribution >= 4 is 0 Å². The fourth-order valence-electron chi connectivity index (χ4n) is 3.29. The molecule has 0 saturated heterocycles. The molecule has 3 rings (SSSR count). The van der Waals surface area contributed by atoms with Gasteiger partial charge in [0.1, 0.15) is 5.82 Å². The molecule has 1 aromatic heterocycles. The summed E-state index contributed by atoms with van der Waals surface area (Å²) < 4.78 is 47.6. The Kier molecular flexibility index (Phi) is 6.06. The molecule has 0 fully saturated rings. The number of alkyl halides is 3. The second kappa shape index (κ2) is 8.51. The number of hydrogen-bond acceptors (Lipinski definition) is 3. The van der Waals surface area contributed by atoms with Crippen LogP contribution in [0.15, 0.2) is 59.5 Å². The monoisotopic (exact) mass is 402 g/mol. The SMILES string of the molecule is CCOc1cn(Cc2ccccc2)c(-c2cccc(C(F)(F)F)c2CC)nc1=O. The molecule has 0 radical (unpaired) electrons. The normalized spacial score (nSPS) is 11.5. The molecule has 0 spiro atoms. The molecule has 7 heteroatoms. The topological polar surface area (TPSA) is 44.1 Å². The van der Waals surface area contributed by atoms with Gasteiger partial charge in [-0.25, -0.2) is 0 Å². The Balaban J connectivity index is 2.23. The van der Waals surface area contributed by atoms with Crippen molar-refractivity contribution in [1.29, 1.82) is 0 Å². The van der Waals surface area contributed by atoms with Gasteiger partial charge in [0, 0.05) is 12.1 Å². The Hall–Kier alpha value is -3.09. The first kappa shape index (κ1) is 20.6.